The molecule has 0 bridgehead atoms. The Morgan fingerprint density at radius 2 is 2.00 bits per heavy atom. The number of fused-ring (bicyclic) bond motifs is 1. The van der Waals surface area contributed by atoms with E-state index in [4.69, 9.17) is 4.74 Å². The SMILES string of the molecule is COC(=O)c1cccc(Nc2cnnc(N3CCc4ccccc4C3)n2)c1. The Kier molecular flexibility index (Phi) is 4.65. The van der Waals surface area contributed by atoms with Gasteiger partial charge in [-0.3, -0.25) is 0 Å². The lowest BCUT2D eigenvalue weighted by Crippen LogP contribution is -2.32. The Morgan fingerprint density at radius 3 is 2.85 bits per heavy atom. The van der Waals surface area contributed by atoms with Gasteiger partial charge < -0.3 is 15.0 Å². The third-order valence-electron chi connectivity index (χ3n) is 4.52. The van der Waals surface area contributed by atoms with Gasteiger partial charge in [0.25, 0.3) is 0 Å². The third kappa shape index (κ3) is 3.72. The van der Waals surface area contributed by atoms with Crippen LogP contribution in [0.25, 0.3) is 0 Å². The molecule has 0 radical (unpaired) electrons. The van der Waals surface area contributed by atoms with E-state index in [0.29, 0.717) is 17.3 Å². The minimum Gasteiger partial charge on any atom is -0.465 e. The second kappa shape index (κ2) is 7.41. The van der Waals surface area contributed by atoms with E-state index in [2.05, 4.69) is 43.6 Å². The molecule has 27 heavy (non-hydrogen) atoms. The lowest BCUT2D eigenvalue weighted by Gasteiger charge is -2.28. The van der Waals surface area contributed by atoms with Crippen LogP contribution >= 0.6 is 0 Å². The van der Waals surface area contributed by atoms with Gasteiger partial charge in [0, 0.05) is 18.8 Å². The zero-order valence-corrected chi connectivity index (χ0v) is 14.9. The fourth-order valence-corrected chi connectivity index (χ4v) is 3.14. The van der Waals surface area contributed by atoms with E-state index in [1.807, 2.05) is 12.1 Å². The Hall–Kier alpha value is -3.48. The normalized spacial score (nSPS) is 13.0. The van der Waals surface area contributed by atoms with Crippen LogP contribution in [0.5, 0.6) is 0 Å². The van der Waals surface area contributed by atoms with Crippen LogP contribution < -0.4 is 10.2 Å². The number of carbonyl (C=O) groups is 1. The second-order valence-corrected chi connectivity index (χ2v) is 6.28. The number of carbonyl (C=O) groups excluding carboxylic acids is 1. The Morgan fingerprint density at radius 1 is 1.15 bits per heavy atom. The predicted molar refractivity (Wildman–Crippen MR) is 102 cm³/mol. The summed E-state index contributed by atoms with van der Waals surface area (Å²) >= 11 is 0. The van der Waals surface area contributed by atoms with Crippen molar-refractivity contribution in [3.8, 4) is 0 Å². The maximum absolute atomic E-state index is 11.7. The number of hydrogen-bond acceptors (Lipinski definition) is 7. The highest BCUT2D eigenvalue weighted by Crippen LogP contribution is 2.23. The van der Waals surface area contributed by atoms with Gasteiger partial charge in [0.05, 0.1) is 18.9 Å². The number of hydrogen-bond donors (Lipinski definition) is 1. The summed E-state index contributed by atoms with van der Waals surface area (Å²) in [7, 11) is 1.36. The van der Waals surface area contributed by atoms with Crippen LogP contribution in [0.4, 0.5) is 17.5 Å². The summed E-state index contributed by atoms with van der Waals surface area (Å²) in [6.07, 6.45) is 2.52. The molecule has 1 aromatic heterocycles. The van der Waals surface area contributed by atoms with Crippen molar-refractivity contribution in [3.63, 3.8) is 0 Å². The van der Waals surface area contributed by atoms with Gasteiger partial charge in [0.15, 0.2) is 5.82 Å². The van der Waals surface area contributed by atoms with Crippen molar-refractivity contribution in [1.29, 1.82) is 0 Å². The molecular weight excluding hydrogens is 342 g/mol. The van der Waals surface area contributed by atoms with E-state index in [9.17, 15) is 4.79 Å². The van der Waals surface area contributed by atoms with Crippen LogP contribution in [0.3, 0.4) is 0 Å². The average molecular weight is 361 g/mol. The fraction of sp³-hybridized carbons (Fsp3) is 0.200. The molecule has 1 aliphatic rings. The van der Waals surface area contributed by atoms with Gasteiger partial charge in [-0.15, -0.1) is 5.10 Å². The summed E-state index contributed by atoms with van der Waals surface area (Å²) in [5.74, 6) is 0.770. The van der Waals surface area contributed by atoms with Gasteiger partial charge >= 0.3 is 5.97 Å². The highest BCUT2D eigenvalue weighted by atomic mass is 16.5. The molecule has 0 fully saturated rings. The number of benzene rings is 2. The molecule has 7 nitrogen and oxygen atoms in total. The summed E-state index contributed by atoms with van der Waals surface area (Å²) in [6.45, 7) is 1.61. The lowest BCUT2D eigenvalue weighted by atomic mass is 10.0. The van der Waals surface area contributed by atoms with Gasteiger partial charge in [0.1, 0.15) is 0 Å². The van der Waals surface area contributed by atoms with E-state index in [-0.39, 0.29) is 5.97 Å². The lowest BCUT2D eigenvalue weighted by molar-refractivity contribution is 0.0601. The molecule has 136 valence electrons. The molecular formula is C20H19N5O2. The Labute approximate surface area is 157 Å². The molecule has 2 heterocycles. The van der Waals surface area contributed by atoms with Crippen molar-refractivity contribution >= 4 is 23.4 Å². The highest BCUT2D eigenvalue weighted by molar-refractivity contribution is 5.90. The van der Waals surface area contributed by atoms with Crippen molar-refractivity contribution in [2.45, 2.75) is 13.0 Å². The van der Waals surface area contributed by atoms with Crippen LogP contribution in [-0.2, 0) is 17.7 Å². The number of rotatable bonds is 4. The van der Waals surface area contributed by atoms with Crippen molar-refractivity contribution in [3.05, 3.63) is 71.4 Å². The number of esters is 1. The van der Waals surface area contributed by atoms with Crippen LogP contribution in [-0.4, -0.2) is 34.8 Å². The van der Waals surface area contributed by atoms with Crippen LogP contribution in [0.1, 0.15) is 21.5 Å². The number of nitrogens with zero attached hydrogens (tertiary/aromatic N) is 4. The van der Waals surface area contributed by atoms with Crippen molar-refractivity contribution in [1.82, 2.24) is 15.2 Å². The largest absolute Gasteiger partial charge is 0.465 e. The minimum atomic E-state index is -0.382. The molecule has 7 heteroatoms. The molecule has 0 saturated heterocycles. The summed E-state index contributed by atoms with van der Waals surface area (Å²) in [4.78, 5) is 18.4. The molecule has 0 amide bonds. The first-order chi connectivity index (χ1) is 13.2. The first kappa shape index (κ1) is 17.0. The zero-order valence-electron chi connectivity index (χ0n) is 14.9. The van der Waals surface area contributed by atoms with Gasteiger partial charge in [-0.2, -0.15) is 10.1 Å². The fourth-order valence-electron chi connectivity index (χ4n) is 3.14. The molecule has 0 saturated carbocycles. The first-order valence-corrected chi connectivity index (χ1v) is 8.70. The van der Waals surface area contributed by atoms with E-state index in [0.717, 1.165) is 25.2 Å². The van der Waals surface area contributed by atoms with Gasteiger partial charge in [-0.05, 0) is 35.7 Å². The van der Waals surface area contributed by atoms with E-state index < -0.39 is 0 Å². The maximum atomic E-state index is 11.7. The quantitative estimate of drug-likeness (QED) is 0.716. The minimum absolute atomic E-state index is 0.382. The molecule has 0 aliphatic carbocycles. The number of aromatic nitrogens is 3. The predicted octanol–water partition coefficient (Wildman–Crippen LogP) is 2.96. The number of anilines is 3. The van der Waals surface area contributed by atoms with Gasteiger partial charge in [0.2, 0.25) is 5.95 Å². The van der Waals surface area contributed by atoms with Crippen molar-refractivity contribution in [2.75, 3.05) is 23.9 Å². The smallest absolute Gasteiger partial charge is 0.337 e. The second-order valence-electron chi connectivity index (χ2n) is 6.28. The summed E-state index contributed by atoms with van der Waals surface area (Å²) in [5, 5.41) is 11.4. The molecule has 0 unspecified atom stereocenters. The molecule has 4 rings (SSSR count). The van der Waals surface area contributed by atoms with Crippen molar-refractivity contribution in [2.24, 2.45) is 0 Å². The Balaban J connectivity index is 1.53. The van der Waals surface area contributed by atoms with Gasteiger partial charge in [-0.25, -0.2) is 4.79 Å². The zero-order chi connectivity index (χ0) is 18.6. The summed E-state index contributed by atoms with van der Waals surface area (Å²) in [6, 6.07) is 15.5. The topological polar surface area (TPSA) is 80.2 Å². The molecule has 1 aliphatic heterocycles. The van der Waals surface area contributed by atoms with E-state index >= 15 is 0 Å². The first-order valence-electron chi connectivity index (χ1n) is 8.70. The standard InChI is InChI=1S/C20H19N5O2/c1-27-19(26)15-7-4-8-17(11-15)22-18-12-21-24-20(23-18)25-10-9-14-5-2-3-6-16(14)13-25/h2-8,11-12H,9-10,13H2,1H3,(H,22,23,24). The molecule has 1 N–H and O–H groups in total. The summed E-state index contributed by atoms with van der Waals surface area (Å²) < 4.78 is 4.76. The van der Waals surface area contributed by atoms with Crippen molar-refractivity contribution < 1.29 is 9.53 Å². The number of nitrogens with one attached hydrogen (secondary N) is 1. The highest BCUT2D eigenvalue weighted by Gasteiger charge is 2.18. The number of ether oxygens (including phenoxy) is 1. The summed E-state index contributed by atoms with van der Waals surface area (Å²) in [5.41, 5.74) is 3.86. The van der Waals surface area contributed by atoms with Gasteiger partial charge in [-0.1, -0.05) is 30.3 Å². The maximum Gasteiger partial charge on any atom is 0.337 e. The third-order valence-corrected chi connectivity index (χ3v) is 4.52. The van der Waals surface area contributed by atoms with Crippen LogP contribution in [0.15, 0.2) is 54.7 Å². The Bertz CT molecular complexity index is 976. The van der Waals surface area contributed by atoms with Crippen LogP contribution in [0.2, 0.25) is 0 Å². The van der Waals surface area contributed by atoms with E-state index in [1.165, 1.54) is 18.2 Å². The average Bonchev–Trinajstić information content (AvgIpc) is 2.73. The monoisotopic (exact) mass is 361 g/mol. The number of methoxy groups -OCH3 is 1. The molecule has 0 atom stereocenters. The van der Waals surface area contributed by atoms with E-state index in [1.54, 1.807) is 24.4 Å². The molecule has 3 aromatic rings. The molecule has 2 aromatic carbocycles. The molecule has 0 spiro atoms. The van der Waals surface area contributed by atoms with Crippen LogP contribution in [0, 0.1) is 0 Å².